The number of carbonyl (C=O) groups is 1. The molecule has 0 radical (unpaired) electrons. The summed E-state index contributed by atoms with van der Waals surface area (Å²) in [7, 11) is 0. The molecule has 0 aliphatic carbocycles. The molecule has 0 spiro atoms. The Labute approximate surface area is 125 Å². The first kappa shape index (κ1) is 17.0. The third-order valence-electron chi connectivity index (χ3n) is 2.95. The zero-order valence-electron chi connectivity index (χ0n) is 12.6. The van der Waals surface area contributed by atoms with Crippen molar-refractivity contribution in [2.24, 2.45) is 5.92 Å². The standard InChI is InChI=1S/C16H22N2O3/c1-13(2)12-18(9-5-8-17)10-11-21-15-7-4-3-6-14(15)16(19)20/h3-4,6-7,13H,5,9-12H2,1-2H3,(H,19,20). The number of nitriles is 1. The fourth-order valence-corrected chi connectivity index (χ4v) is 2.07. The fourth-order valence-electron chi connectivity index (χ4n) is 2.07. The molecule has 1 aromatic rings. The Morgan fingerprint density at radius 1 is 1.38 bits per heavy atom. The van der Waals surface area contributed by atoms with Gasteiger partial charge in [-0.05, 0) is 18.1 Å². The average Bonchev–Trinajstić information content (AvgIpc) is 2.44. The molecule has 0 unspecified atom stereocenters. The maximum absolute atomic E-state index is 11.1. The van der Waals surface area contributed by atoms with Crippen LogP contribution >= 0.6 is 0 Å². The van der Waals surface area contributed by atoms with E-state index in [1.807, 2.05) is 0 Å². The highest BCUT2D eigenvalue weighted by atomic mass is 16.5. The van der Waals surface area contributed by atoms with E-state index in [0.29, 0.717) is 37.8 Å². The molecule has 0 aliphatic rings. The number of ether oxygens (including phenoxy) is 1. The third-order valence-corrected chi connectivity index (χ3v) is 2.95. The molecule has 5 nitrogen and oxygen atoms in total. The molecular weight excluding hydrogens is 268 g/mol. The lowest BCUT2D eigenvalue weighted by Gasteiger charge is -2.23. The van der Waals surface area contributed by atoms with E-state index in [2.05, 4.69) is 24.8 Å². The van der Waals surface area contributed by atoms with E-state index < -0.39 is 5.97 Å². The van der Waals surface area contributed by atoms with E-state index in [1.165, 1.54) is 6.07 Å². The highest BCUT2D eigenvalue weighted by Crippen LogP contribution is 2.17. The SMILES string of the molecule is CC(C)CN(CCC#N)CCOc1ccccc1C(=O)O. The van der Waals surface area contributed by atoms with E-state index in [9.17, 15) is 4.79 Å². The van der Waals surface area contributed by atoms with Crippen LogP contribution in [0.2, 0.25) is 0 Å². The molecule has 0 aromatic heterocycles. The molecule has 0 fully saturated rings. The van der Waals surface area contributed by atoms with Crippen LogP contribution in [0, 0.1) is 17.2 Å². The van der Waals surface area contributed by atoms with Gasteiger partial charge in [-0.15, -0.1) is 0 Å². The minimum absolute atomic E-state index is 0.171. The number of aromatic carboxylic acids is 1. The van der Waals surface area contributed by atoms with Gasteiger partial charge in [0.2, 0.25) is 0 Å². The molecule has 0 saturated carbocycles. The van der Waals surface area contributed by atoms with E-state index >= 15 is 0 Å². The van der Waals surface area contributed by atoms with Crippen LogP contribution in [0.4, 0.5) is 0 Å². The number of para-hydroxylation sites is 1. The predicted octanol–water partition coefficient (Wildman–Crippen LogP) is 2.64. The van der Waals surface area contributed by atoms with Crippen LogP contribution in [-0.2, 0) is 0 Å². The Morgan fingerprint density at radius 2 is 2.10 bits per heavy atom. The van der Waals surface area contributed by atoms with Crippen molar-refractivity contribution in [1.29, 1.82) is 5.26 Å². The van der Waals surface area contributed by atoms with Crippen LogP contribution in [0.1, 0.15) is 30.6 Å². The normalized spacial score (nSPS) is 10.6. The first-order valence-electron chi connectivity index (χ1n) is 7.09. The summed E-state index contributed by atoms with van der Waals surface area (Å²) < 4.78 is 5.59. The smallest absolute Gasteiger partial charge is 0.339 e. The van der Waals surface area contributed by atoms with Crippen molar-refractivity contribution in [2.75, 3.05) is 26.2 Å². The topological polar surface area (TPSA) is 73.6 Å². The third kappa shape index (κ3) is 6.28. The highest BCUT2D eigenvalue weighted by Gasteiger charge is 2.11. The molecule has 0 amide bonds. The van der Waals surface area contributed by atoms with Gasteiger partial charge in [0.05, 0.1) is 6.07 Å². The first-order chi connectivity index (χ1) is 10.0. The van der Waals surface area contributed by atoms with Gasteiger partial charge in [0, 0.05) is 26.1 Å². The summed E-state index contributed by atoms with van der Waals surface area (Å²) in [4.78, 5) is 13.2. The molecule has 1 N–H and O–H groups in total. The van der Waals surface area contributed by atoms with Gasteiger partial charge < -0.3 is 9.84 Å². The summed E-state index contributed by atoms with van der Waals surface area (Å²) in [6.45, 7) is 6.93. The van der Waals surface area contributed by atoms with Crippen LogP contribution in [0.3, 0.4) is 0 Å². The number of nitrogens with zero attached hydrogens (tertiary/aromatic N) is 2. The Bertz CT molecular complexity index is 495. The molecule has 0 bridgehead atoms. The molecule has 0 atom stereocenters. The zero-order chi connectivity index (χ0) is 15.7. The van der Waals surface area contributed by atoms with Gasteiger partial charge in [0.15, 0.2) is 0 Å². The van der Waals surface area contributed by atoms with Crippen molar-refractivity contribution in [2.45, 2.75) is 20.3 Å². The number of hydrogen-bond donors (Lipinski definition) is 1. The Hall–Kier alpha value is -2.06. The van der Waals surface area contributed by atoms with Gasteiger partial charge in [0.1, 0.15) is 17.9 Å². The van der Waals surface area contributed by atoms with E-state index in [-0.39, 0.29) is 5.56 Å². The van der Waals surface area contributed by atoms with Crippen molar-refractivity contribution in [3.63, 3.8) is 0 Å². The van der Waals surface area contributed by atoms with Crippen molar-refractivity contribution in [1.82, 2.24) is 4.90 Å². The maximum Gasteiger partial charge on any atom is 0.339 e. The van der Waals surface area contributed by atoms with Crippen LogP contribution in [0.15, 0.2) is 24.3 Å². The molecule has 1 rings (SSSR count). The minimum atomic E-state index is -0.992. The van der Waals surface area contributed by atoms with Gasteiger partial charge in [-0.2, -0.15) is 5.26 Å². The van der Waals surface area contributed by atoms with Gasteiger partial charge >= 0.3 is 5.97 Å². The van der Waals surface area contributed by atoms with Crippen molar-refractivity contribution in [3.8, 4) is 11.8 Å². The van der Waals surface area contributed by atoms with Gasteiger partial charge in [0.25, 0.3) is 0 Å². The van der Waals surface area contributed by atoms with E-state index in [0.717, 1.165) is 6.54 Å². The summed E-state index contributed by atoms with van der Waals surface area (Å²) >= 11 is 0. The molecule has 5 heteroatoms. The largest absolute Gasteiger partial charge is 0.491 e. The second-order valence-electron chi connectivity index (χ2n) is 5.25. The summed E-state index contributed by atoms with van der Waals surface area (Å²) in [5, 5.41) is 17.8. The van der Waals surface area contributed by atoms with Crippen LogP contribution in [-0.4, -0.2) is 42.2 Å². The number of benzene rings is 1. The lowest BCUT2D eigenvalue weighted by molar-refractivity contribution is 0.0691. The van der Waals surface area contributed by atoms with Crippen LogP contribution in [0.5, 0.6) is 5.75 Å². The number of rotatable bonds is 9. The minimum Gasteiger partial charge on any atom is -0.491 e. The molecule has 1 aromatic carbocycles. The highest BCUT2D eigenvalue weighted by molar-refractivity contribution is 5.90. The van der Waals surface area contributed by atoms with Crippen LogP contribution < -0.4 is 4.74 Å². The molecule has 21 heavy (non-hydrogen) atoms. The molecule has 0 heterocycles. The molecular formula is C16H22N2O3. The summed E-state index contributed by atoms with van der Waals surface area (Å²) in [6.07, 6.45) is 0.485. The monoisotopic (exact) mass is 290 g/mol. The summed E-state index contributed by atoms with van der Waals surface area (Å²) in [6, 6.07) is 8.76. The lowest BCUT2D eigenvalue weighted by atomic mass is 10.2. The molecule has 0 saturated heterocycles. The van der Waals surface area contributed by atoms with Crippen molar-refractivity contribution < 1.29 is 14.6 Å². The fraction of sp³-hybridized carbons (Fsp3) is 0.500. The average molecular weight is 290 g/mol. The van der Waals surface area contributed by atoms with Gasteiger partial charge in [-0.3, -0.25) is 4.90 Å². The second-order valence-corrected chi connectivity index (χ2v) is 5.25. The summed E-state index contributed by atoms with van der Waals surface area (Å²) in [5.41, 5.74) is 0.171. The van der Waals surface area contributed by atoms with Crippen molar-refractivity contribution in [3.05, 3.63) is 29.8 Å². The Balaban J connectivity index is 2.53. The van der Waals surface area contributed by atoms with E-state index in [4.69, 9.17) is 15.1 Å². The second kappa shape index (κ2) is 8.98. The quantitative estimate of drug-likeness (QED) is 0.757. The first-order valence-corrected chi connectivity index (χ1v) is 7.09. The molecule has 114 valence electrons. The number of carboxylic acids is 1. The maximum atomic E-state index is 11.1. The molecule has 0 aliphatic heterocycles. The van der Waals surface area contributed by atoms with Crippen LogP contribution in [0.25, 0.3) is 0 Å². The van der Waals surface area contributed by atoms with Gasteiger partial charge in [-0.1, -0.05) is 26.0 Å². The number of hydrogen-bond acceptors (Lipinski definition) is 4. The predicted molar refractivity (Wildman–Crippen MR) is 80.4 cm³/mol. The lowest BCUT2D eigenvalue weighted by Crippen LogP contribution is -2.32. The van der Waals surface area contributed by atoms with Crippen molar-refractivity contribution >= 4 is 5.97 Å². The summed E-state index contributed by atoms with van der Waals surface area (Å²) in [5.74, 6) is -0.0982. The Morgan fingerprint density at radius 3 is 2.71 bits per heavy atom. The number of carboxylic acid groups (broad SMARTS) is 1. The van der Waals surface area contributed by atoms with Gasteiger partial charge in [-0.25, -0.2) is 4.79 Å². The van der Waals surface area contributed by atoms with E-state index in [1.54, 1.807) is 18.2 Å². The Kier molecular flexibility index (Phi) is 7.27. The zero-order valence-corrected chi connectivity index (χ0v) is 12.6.